The Morgan fingerprint density at radius 1 is 1.44 bits per heavy atom. The van der Waals surface area contributed by atoms with E-state index in [1.54, 1.807) is 0 Å². The van der Waals surface area contributed by atoms with E-state index in [2.05, 4.69) is 0 Å². The molecular weight excluding hydrogens is 114 g/mol. The van der Waals surface area contributed by atoms with Gasteiger partial charge < -0.3 is 10.8 Å². The topological polar surface area (TPSA) is 46.2 Å². The van der Waals surface area contributed by atoms with Crippen LogP contribution in [0.5, 0.6) is 0 Å². The van der Waals surface area contributed by atoms with Crippen molar-refractivity contribution in [1.29, 1.82) is 0 Å². The molecule has 0 radical (unpaired) electrons. The minimum atomic E-state index is -0.136. The highest BCUT2D eigenvalue weighted by atomic mass is 16.3. The fourth-order valence-electron chi connectivity index (χ4n) is 2.39. The molecule has 0 amide bonds. The Morgan fingerprint density at radius 3 is 2.00 bits per heavy atom. The van der Waals surface area contributed by atoms with Crippen molar-refractivity contribution in [3.8, 4) is 0 Å². The van der Waals surface area contributed by atoms with Gasteiger partial charge in [0.05, 0.1) is 6.10 Å². The van der Waals surface area contributed by atoms with E-state index in [9.17, 15) is 5.11 Å². The van der Waals surface area contributed by atoms with Crippen LogP contribution in [0.1, 0.15) is 26.2 Å². The SMILES string of the molecule is CC(O)C12CC(N)(C1)C2. The summed E-state index contributed by atoms with van der Waals surface area (Å²) in [6, 6.07) is 0. The van der Waals surface area contributed by atoms with Crippen molar-refractivity contribution >= 4 is 0 Å². The monoisotopic (exact) mass is 127 g/mol. The average molecular weight is 127 g/mol. The van der Waals surface area contributed by atoms with Crippen molar-refractivity contribution in [2.75, 3.05) is 0 Å². The summed E-state index contributed by atoms with van der Waals surface area (Å²) in [6.45, 7) is 1.87. The van der Waals surface area contributed by atoms with Gasteiger partial charge in [0.1, 0.15) is 0 Å². The number of hydrogen-bond acceptors (Lipinski definition) is 2. The zero-order chi connectivity index (χ0) is 6.70. The van der Waals surface area contributed by atoms with Gasteiger partial charge in [-0.25, -0.2) is 0 Å². The van der Waals surface area contributed by atoms with E-state index < -0.39 is 0 Å². The number of aliphatic hydroxyl groups excluding tert-OH is 1. The summed E-state index contributed by atoms with van der Waals surface area (Å²) in [7, 11) is 0. The van der Waals surface area contributed by atoms with Gasteiger partial charge in [0.15, 0.2) is 0 Å². The number of aliphatic hydroxyl groups is 1. The van der Waals surface area contributed by atoms with Gasteiger partial charge in [-0.15, -0.1) is 0 Å². The maximum Gasteiger partial charge on any atom is 0.0570 e. The van der Waals surface area contributed by atoms with E-state index in [4.69, 9.17) is 5.73 Å². The van der Waals surface area contributed by atoms with Crippen molar-refractivity contribution in [3.63, 3.8) is 0 Å². The van der Waals surface area contributed by atoms with Crippen molar-refractivity contribution in [1.82, 2.24) is 0 Å². The maximum atomic E-state index is 9.23. The number of nitrogens with two attached hydrogens (primary N) is 1. The van der Waals surface area contributed by atoms with Crippen molar-refractivity contribution in [3.05, 3.63) is 0 Å². The molecule has 1 unspecified atom stereocenters. The molecule has 3 fully saturated rings. The van der Waals surface area contributed by atoms with Crippen LogP contribution >= 0.6 is 0 Å². The summed E-state index contributed by atoms with van der Waals surface area (Å²) in [5.41, 5.74) is 6.21. The first-order valence-electron chi connectivity index (χ1n) is 3.53. The summed E-state index contributed by atoms with van der Waals surface area (Å²) in [5.74, 6) is 0. The van der Waals surface area contributed by atoms with Crippen LogP contribution in [0.3, 0.4) is 0 Å². The fraction of sp³-hybridized carbons (Fsp3) is 1.00. The van der Waals surface area contributed by atoms with E-state index in [0.717, 1.165) is 19.3 Å². The van der Waals surface area contributed by atoms with Gasteiger partial charge in [-0.2, -0.15) is 0 Å². The molecule has 3 rings (SSSR count). The highest BCUT2D eigenvalue weighted by Crippen LogP contribution is 2.67. The summed E-state index contributed by atoms with van der Waals surface area (Å²) in [5, 5.41) is 9.23. The van der Waals surface area contributed by atoms with Crippen LogP contribution in [-0.4, -0.2) is 16.7 Å². The average Bonchev–Trinajstić information content (AvgIpc) is 1.54. The lowest BCUT2D eigenvalue weighted by Crippen LogP contribution is -2.75. The van der Waals surface area contributed by atoms with Gasteiger partial charge in [-0.1, -0.05) is 0 Å². The Hall–Kier alpha value is -0.0800. The normalized spacial score (nSPS) is 57.7. The Balaban J connectivity index is 2.04. The first-order chi connectivity index (χ1) is 4.06. The van der Waals surface area contributed by atoms with Crippen molar-refractivity contribution < 1.29 is 5.11 Å². The molecule has 2 bridgehead atoms. The lowest BCUT2D eigenvalue weighted by Gasteiger charge is -2.70. The molecule has 2 nitrogen and oxygen atoms in total. The van der Waals surface area contributed by atoms with E-state index in [1.165, 1.54) is 0 Å². The molecule has 9 heavy (non-hydrogen) atoms. The molecule has 0 aliphatic heterocycles. The van der Waals surface area contributed by atoms with Crippen LogP contribution in [-0.2, 0) is 0 Å². The minimum Gasteiger partial charge on any atom is -0.393 e. The third-order valence-electron chi connectivity index (χ3n) is 3.00. The second-order valence-electron chi connectivity index (χ2n) is 3.93. The Morgan fingerprint density at radius 2 is 1.89 bits per heavy atom. The molecule has 0 spiro atoms. The largest absolute Gasteiger partial charge is 0.393 e. The molecule has 3 aliphatic rings. The number of hydrogen-bond donors (Lipinski definition) is 2. The lowest BCUT2D eigenvalue weighted by molar-refractivity contribution is -0.193. The maximum absolute atomic E-state index is 9.23. The van der Waals surface area contributed by atoms with Gasteiger partial charge in [0.2, 0.25) is 0 Å². The van der Waals surface area contributed by atoms with E-state index in [-0.39, 0.29) is 17.1 Å². The molecule has 0 aromatic heterocycles. The van der Waals surface area contributed by atoms with Crippen LogP contribution in [0.2, 0.25) is 0 Å². The molecular formula is C7H13NO. The predicted molar refractivity (Wildman–Crippen MR) is 34.9 cm³/mol. The molecule has 0 saturated heterocycles. The number of rotatable bonds is 1. The second-order valence-corrected chi connectivity index (χ2v) is 3.93. The van der Waals surface area contributed by atoms with E-state index >= 15 is 0 Å². The predicted octanol–water partition coefficient (Wildman–Crippen LogP) is 0.249. The zero-order valence-corrected chi connectivity index (χ0v) is 5.72. The molecule has 52 valence electrons. The van der Waals surface area contributed by atoms with E-state index in [1.807, 2.05) is 6.92 Å². The lowest BCUT2D eigenvalue weighted by atomic mass is 9.38. The third kappa shape index (κ3) is 0.485. The first kappa shape index (κ1) is 5.69. The molecule has 0 heterocycles. The fourth-order valence-corrected chi connectivity index (χ4v) is 2.39. The third-order valence-corrected chi connectivity index (χ3v) is 3.00. The highest BCUT2D eigenvalue weighted by Gasteiger charge is 2.67. The van der Waals surface area contributed by atoms with Crippen molar-refractivity contribution in [2.45, 2.75) is 37.8 Å². The van der Waals surface area contributed by atoms with Crippen LogP contribution in [0, 0.1) is 5.41 Å². The Labute approximate surface area is 55.1 Å². The standard InChI is InChI=1S/C7H13NO/c1-5(9)6-2-7(8,3-6)4-6/h5,9H,2-4,8H2,1H3. The van der Waals surface area contributed by atoms with Gasteiger partial charge >= 0.3 is 0 Å². The van der Waals surface area contributed by atoms with Gasteiger partial charge in [0, 0.05) is 11.0 Å². The molecule has 3 aliphatic carbocycles. The molecule has 2 heteroatoms. The summed E-state index contributed by atoms with van der Waals surface area (Å²) in [4.78, 5) is 0. The van der Waals surface area contributed by atoms with Crippen LogP contribution in [0.15, 0.2) is 0 Å². The van der Waals surface area contributed by atoms with Gasteiger partial charge in [0.25, 0.3) is 0 Å². The molecule has 0 aromatic carbocycles. The van der Waals surface area contributed by atoms with Crippen LogP contribution in [0.25, 0.3) is 0 Å². The van der Waals surface area contributed by atoms with E-state index in [0.29, 0.717) is 0 Å². The van der Waals surface area contributed by atoms with Gasteiger partial charge in [-0.05, 0) is 26.2 Å². The Kier molecular flexibility index (Phi) is 0.746. The summed E-state index contributed by atoms with van der Waals surface area (Å²) >= 11 is 0. The second kappa shape index (κ2) is 1.18. The minimum absolute atomic E-state index is 0.136. The molecule has 1 atom stereocenters. The molecule has 3 N–H and O–H groups in total. The highest BCUT2D eigenvalue weighted by molar-refractivity contribution is 5.23. The zero-order valence-electron chi connectivity index (χ0n) is 5.72. The molecule has 0 aromatic rings. The van der Waals surface area contributed by atoms with Crippen molar-refractivity contribution in [2.24, 2.45) is 11.1 Å². The molecule has 3 saturated carbocycles. The quantitative estimate of drug-likeness (QED) is 0.530. The van der Waals surface area contributed by atoms with Crippen LogP contribution < -0.4 is 5.73 Å². The Bertz CT molecular complexity index is 133. The summed E-state index contributed by atoms with van der Waals surface area (Å²) < 4.78 is 0. The van der Waals surface area contributed by atoms with Crippen LogP contribution in [0.4, 0.5) is 0 Å². The van der Waals surface area contributed by atoms with Gasteiger partial charge in [-0.3, -0.25) is 0 Å². The first-order valence-corrected chi connectivity index (χ1v) is 3.53. The summed E-state index contributed by atoms with van der Waals surface area (Å²) in [6.07, 6.45) is 3.02. The smallest absolute Gasteiger partial charge is 0.0570 e.